The Morgan fingerprint density at radius 2 is 1.37 bits per heavy atom. The average molecular weight is 362 g/mol. The van der Waals surface area contributed by atoms with Crippen molar-refractivity contribution in [1.29, 1.82) is 0 Å². The molecule has 4 rings (SSSR count). The second kappa shape index (κ2) is 6.32. The maximum Gasteiger partial charge on any atom is 0.494 e. The smallest absolute Gasteiger partial charge is 0.416 e. The number of aryl methyl sites for hydroxylation is 1. The van der Waals surface area contributed by atoms with Gasteiger partial charge < -0.3 is 13.7 Å². The summed E-state index contributed by atoms with van der Waals surface area (Å²) in [5, 5.41) is 8.36. The molecule has 138 valence electrons. The summed E-state index contributed by atoms with van der Waals surface area (Å²) in [5.41, 5.74) is 3.19. The minimum Gasteiger partial charge on any atom is -0.416 e. The number of hydrogen-bond donors (Lipinski definition) is 0. The van der Waals surface area contributed by atoms with Gasteiger partial charge in [-0.2, -0.15) is 0 Å². The number of hydrogen-bond acceptors (Lipinski definition) is 5. The van der Waals surface area contributed by atoms with Crippen LogP contribution in [0.5, 0.6) is 0 Å². The summed E-state index contributed by atoms with van der Waals surface area (Å²) in [6.07, 6.45) is 0. The number of rotatable bonds is 3. The van der Waals surface area contributed by atoms with E-state index in [4.69, 9.17) is 13.7 Å². The molecule has 0 unspecified atom stereocenters. The van der Waals surface area contributed by atoms with Gasteiger partial charge in [0.15, 0.2) is 0 Å². The zero-order valence-corrected chi connectivity index (χ0v) is 16.3. The van der Waals surface area contributed by atoms with Crippen molar-refractivity contribution in [3.05, 3.63) is 54.1 Å². The van der Waals surface area contributed by atoms with Crippen molar-refractivity contribution < 1.29 is 13.7 Å². The molecule has 1 fully saturated rings. The van der Waals surface area contributed by atoms with Crippen LogP contribution in [0.1, 0.15) is 33.3 Å². The third-order valence-corrected chi connectivity index (χ3v) is 5.37. The van der Waals surface area contributed by atoms with E-state index in [2.05, 4.69) is 10.2 Å². The Balaban J connectivity index is 1.55. The molecule has 3 aromatic rings. The van der Waals surface area contributed by atoms with E-state index in [0.717, 1.165) is 22.2 Å². The highest BCUT2D eigenvalue weighted by molar-refractivity contribution is 6.62. The van der Waals surface area contributed by atoms with Crippen LogP contribution in [0.2, 0.25) is 0 Å². The Hall–Kier alpha value is -2.44. The summed E-state index contributed by atoms with van der Waals surface area (Å²) in [6, 6.07) is 15.9. The molecule has 0 bridgehead atoms. The zero-order valence-electron chi connectivity index (χ0n) is 16.3. The van der Waals surface area contributed by atoms with Gasteiger partial charge in [-0.1, -0.05) is 29.8 Å². The summed E-state index contributed by atoms with van der Waals surface area (Å²) in [6.45, 7) is 10.2. The second-order valence-electron chi connectivity index (χ2n) is 7.99. The van der Waals surface area contributed by atoms with E-state index < -0.39 is 0 Å². The molecule has 0 radical (unpaired) electrons. The molecule has 0 amide bonds. The SMILES string of the molecule is Cc1cccc(-c2nnc(-c3ccc(B4OC(C)(C)C(C)(C)O4)cc3)o2)c1. The highest BCUT2D eigenvalue weighted by Crippen LogP contribution is 2.36. The van der Waals surface area contributed by atoms with Gasteiger partial charge in [0, 0.05) is 11.1 Å². The number of benzene rings is 2. The molecule has 0 saturated carbocycles. The van der Waals surface area contributed by atoms with Gasteiger partial charge in [-0.15, -0.1) is 10.2 Å². The predicted molar refractivity (Wildman–Crippen MR) is 106 cm³/mol. The Morgan fingerprint density at radius 1 is 0.778 bits per heavy atom. The zero-order chi connectivity index (χ0) is 19.2. The van der Waals surface area contributed by atoms with Gasteiger partial charge in [-0.05, 0) is 64.3 Å². The fourth-order valence-corrected chi connectivity index (χ4v) is 3.00. The van der Waals surface area contributed by atoms with Crippen LogP contribution in [0.25, 0.3) is 22.9 Å². The van der Waals surface area contributed by atoms with Crippen molar-refractivity contribution in [2.75, 3.05) is 0 Å². The van der Waals surface area contributed by atoms with Gasteiger partial charge in [0.25, 0.3) is 0 Å². The molecule has 2 heterocycles. The summed E-state index contributed by atoms with van der Waals surface area (Å²) in [4.78, 5) is 0. The fraction of sp³-hybridized carbons (Fsp3) is 0.333. The van der Waals surface area contributed by atoms with Crippen molar-refractivity contribution >= 4 is 12.6 Å². The summed E-state index contributed by atoms with van der Waals surface area (Å²) in [5.74, 6) is 1.01. The first-order valence-electron chi connectivity index (χ1n) is 9.12. The first kappa shape index (κ1) is 18.0. The van der Waals surface area contributed by atoms with Crippen molar-refractivity contribution in [3.8, 4) is 22.9 Å². The van der Waals surface area contributed by atoms with Crippen LogP contribution in [-0.4, -0.2) is 28.5 Å². The summed E-state index contributed by atoms with van der Waals surface area (Å²) < 4.78 is 18.0. The molecule has 1 aromatic heterocycles. The Bertz CT molecular complexity index is 948. The lowest BCUT2D eigenvalue weighted by atomic mass is 9.79. The molecular formula is C21H23BN2O3. The van der Waals surface area contributed by atoms with E-state index in [1.807, 2.05) is 83.1 Å². The maximum atomic E-state index is 6.10. The van der Waals surface area contributed by atoms with E-state index in [0.29, 0.717) is 11.8 Å². The summed E-state index contributed by atoms with van der Waals surface area (Å²) >= 11 is 0. The normalized spacial score (nSPS) is 18.0. The fourth-order valence-electron chi connectivity index (χ4n) is 3.00. The molecule has 0 aliphatic carbocycles. The molecule has 1 aliphatic heterocycles. The topological polar surface area (TPSA) is 57.4 Å². The first-order valence-corrected chi connectivity index (χ1v) is 9.12. The van der Waals surface area contributed by atoms with Crippen molar-refractivity contribution in [2.24, 2.45) is 0 Å². The molecular weight excluding hydrogens is 339 g/mol. The molecule has 1 saturated heterocycles. The average Bonchev–Trinajstić information content (AvgIpc) is 3.18. The summed E-state index contributed by atoms with van der Waals surface area (Å²) in [7, 11) is -0.380. The lowest BCUT2D eigenvalue weighted by Crippen LogP contribution is -2.41. The number of nitrogens with zero attached hydrogens (tertiary/aromatic N) is 2. The van der Waals surface area contributed by atoms with Crippen LogP contribution in [0.4, 0.5) is 0 Å². The van der Waals surface area contributed by atoms with Gasteiger partial charge >= 0.3 is 7.12 Å². The highest BCUT2D eigenvalue weighted by Gasteiger charge is 2.51. The van der Waals surface area contributed by atoms with Crippen molar-refractivity contribution in [2.45, 2.75) is 45.8 Å². The van der Waals surface area contributed by atoms with E-state index in [9.17, 15) is 0 Å². The van der Waals surface area contributed by atoms with Gasteiger partial charge in [0.2, 0.25) is 11.8 Å². The highest BCUT2D eigenvalue weighted by atomic mass is 16.7. The van der Waals surface area contributed by atoms with Crippen molar-refractivity contribution in [3.63, 3.8) is 0 Å². The standard InChI is InChI=1S/C21H23BN2O3/c1-14-7-6-8-16(13-14)19-24-23-18(25-19)15-9-11-17(12-10-15)22-26-20(2,3)21(4,5)27-22/h6-13H,1-5H3. The second-order valence-corrected chi connectivity index (χ2v) is 7.99. The van der Waals surface area contributed by atoms with Gasteiger partial charge in [-0.3, -0.25) is 0 Å². The van der Waals surface area contributed by atoms with Gasteiger partial charge in [0.05, 0.1) is 11.2 Å². The third kappa shape index (κ3) is 3.31. The van der Waals surface area contributed by atoms with Crippen LogP contribution in [-0.2, 0) is 9.31 Å². The third-order valence-electron chi connectivity index (χ3n) is 5.37. The van der Waals surface area contributed by atoms with E-state index >= 15 is 0 Å². The minimum absolute atomic E-state index is 0.356. The minimum atomic E-state index is -0.380. The molecule has 0 spiro atoms. The molecule has 2 aromatic carbocycles. The van der Waals surface area contributed by atoms with Crippen LogP contribution >= 0.6 is 0 Å². The van der Waals surface area contributed by atoms with Crippen LogP contribution in [0.3, 0.4) is 0 Å². The largest absolute Gasteiger partial charge is 0.494 e. The van der Waals surface area contributed by atoms with Crippen molar-refractivity contribution in [1.82, 2.24) is 10.2 Å². The van der Waals surface area contributed by atoms with Crippen LogP contribution in [0.15, 0.2) is 52.9 Å². The lowest BCUT2D eigenvalue weighted by molar-refractivity contribution is 0.00578. The van der Waals surface area contributed by atoms with E-state index in [1.54, 1.807) is 0 Å². The number of aromatic nitrogens is 2. The Morgan fingerprint density at radius 3 is 1.96 bits per heavy atom. The lowest BCUT2D eigenvalue weighted by Gasteiger charge is -2.32. The van der Waals surface area contributed by atoms with E-state index in [-0.39, 0.29) is 18.3 Å². The monoisotopic (exact) mass is 362 g/mol. The van der Waals surface area contributed by atoms with Crippen LogP contribution in [0, 0.1) is 6.92 Å². The predicted octanol–water partition coefficient (Wildman–Crippen LogP) is 4.01. The molecule has 0 atom stereocenters. The first-order chi connectivity index (χ1) is 12.7. The van der Waals surface area contributed by atoms with Gasteiger partial charge in [-0.25, -0.2) is 0 Å². The van der Waals surface area contributed by atoms with E-state index in [1.165, 1.54) is 0 Å². The van der Waals surface area contributed by atoms with Gasteiger partial charge in [0.1, 0.15) is 0 Å². The molecule has 1 aliphatic rings. The maximum absolute atomic E-state index is 6.10. The quantitative estimate of drug-likeness (QED) is 0.659. The molecule has 27 heavy (non-hydrogen) atoms. The Kier molecular flexibility index (Phi) is 4.20. The Labute approximate surface area is 159 Å². The molecule has 5 nitrogen and oxygen atoms in total. The molecule has 0 N–H and O–H groups in total. The molecule has 6 heteroatoms. The van der Waals surface area contributed by atoms with Crippen LogP contribution < -0.4 is 5.46 Å².